The number of hydrogen-bond donors (Lipinski definition) is 2. The number of sulfonamides is 1. The first-order valence-electron chi connectivity index (χ1n) is 5.99. The molecule has 0 aliphatic carbocycles. The minimum atomic E-state index is -3.55. The van der Waals surface area contributed by atoms with E-state index >= 15 is 0 Å². The maximum absolute atomic E-state index is 12.4. The van der Waals surface area contributed by atoms with Gasteiger partial charge in [0.1, 0.15) is 5.75 Å². The molecule has 2 aromatic carbocycles. The van der Waals surface area contributed by atoms with Gasteiger partial charge in [0.25, 0.3) is 0 Å². The van der Waals surface area contributed by atoms with Crippen molar-refractivity contribution in [1.82, 2.24) is 4.31 Å². The van der Waals surface area contributed by atoms with Crippen molar-refractivity contribution in [3.05, 3.63) is 54.1 Å². The zero-order valence-corrected chi connectivity index (χ0v) is 11.8. The van der Waals surface area contributed by atoms with Crippen LogP contribution in [0.5, 0.6) is 5.75 Å². The third kappa shape index (κ3) is 3.09. The normalized spacial score (nSPS) is 11.7. The van der Waals surface area contributed by atoms with Gasteiger partial charge in [0.05, 0.1) is 4.90 Å². The van der Waals surface area contributed by atoms with Crippen molar-refractivity contribution in [2.45, 2.75) is 11.4 Å². The lowest BCUT2D eigenvalue weighted by Gasteiger charge is -2.17. The third-order valence-corrected chi connectivity index (χ3v) is 4.75. The highest BCUT2D eigenvalue weighted by Gasteiger charge is 2.20. The Morgan fingerprint density at radius 2 is 1.60 bits per heavy atom. The lowest BCUT2D eigenvalue weighted by Crippen LogP contribution is -2.26. The Balaban J connectivity index is 2.21. The van der Waals surface area contributed by atoms with E-state index in [2.05, 4.69) is 0 Å². The Morgan fingerprint density at radius 1 is 1.05 bits per heavy atom. The smallest absolute Gasteiger partial charge is 0.243 e. The molecule has 0 amide bonds. The molecule has 0 aliphatic heterocycles. The Kier molecular flexibility index (Phi) is 3.96. The van der Waals surface area contributed by atoms with E-state index in [0.717, 1.165) is 5.56 Å². The van der Waals surface area contributed by atoms with E-state index in [-0.39, 0.29) is 17.2 Å². The fourth-order valence-electron chi connectivity index (χ4n) is 1.76. The molecule has 0 saturated heterocycles. The molecule has 3 N–H and O–H groups in total. The number of benzene rings is 2. The summed E-state index contributed by atoms with van der Waals surface area (Å²) >= 11 is 0. The molecule has 0 atom stereocenters. The van der Waals surface area contributed by atoms with Gasteiger partial charge in [-0.2, -0.15) is 4.31 Å². The predicted molar refractivity (Wildman–Crippen MR) is 77.6 cm³/mol. The summed E-state index contributed by atoms with van der Waals surface area (Å²) in [6, 6.07) is 12.5. The van der Waals surface area contributed by atoms with Crippen LogP contribution in [0, 0.1) is 0 Å². The molecule has 106 valence electrons. The molecule has 0 fully saturated rings. The van der Waals surface area contributed by atoms with Crippen LogP contribution in [0.4, 0.5) is 5.69 Å². The first-order chi connectivity index (χ1) is 9.39. The number of nitrogens with two attached hydrogens (primary N) is 1. The van der Waals surface area contributed by atoms with Crippen LogP contribution in [0.3, 0.4) is 0 Å². The van der Waals surface area contributed by atoms with Gasteiger partial charge in [-0.25, -0.2) is 8.42 Å². The monoisotopic (exact) mass is 292 g/mol. The van der Waals surface area contributed by atoms with Gasteiger partial charge in [-0.05, 0) is 42.0 Å². The molecule has 0 unspecified atom stereocenters. The number of phenolic OH excluding ortho intramolecular Hbond substituents is 1. The number of phenols is 1. The van der Waals surface area contributed by atoms with Gasteiger partial charge in [-0.3, -0.25) is 0 Å². The molecule has 2 rings (SSSR count). The summed E-state index contributed by atoms with van der Waals surface area (Å²) < 4.78 is 26.0. The van der Waals surface area contributed by atoms with Gasteiger partial charge in [0, 0.05) is 19.3 Å². The first kappa shape index (κ1) is 14.4. The van der Waals surface area contributed by atoms with Crippen molar-refractivity contribution in [3.63, 3.8) is 0 Å². The second-order valence-corrected chi connectivity index (χ2v) is 6.54. The highest BCUT2D eigenvalue weighted by atomic mass is 32.2. The van der Waals surface area contributed by atoms with Crippen molar-refractivity contribution < 1.29 is 13.5 Å². The Labute approximate surface area is 118 Å². The van der Waals surface area contributed by atoms with E-state index in [1.165, 1.54) is 35.6 Å². The minimum absolute atomic E-state index is 0.151. The second-order valence-electron chi connectivity index (χ2n) is 4.50. The van der Waals surface area contributed by atoms with Crippen molar-refractivity contribution in [2.75, 3.05) is 12.8 Å². The maximum Gasteiger partial charge on any atom is 0.243 e. The Hall–Kier alpha value is -2.05. The number of rotatable bonds is 4. The number of hydrogen-bond acceptors (Lipinski definition) is 4. The molecular weight excluding hydrogens is 276 g/mol. The third-order valence-electron chi connectivity index (χ3n) is 2.93. The molecule has 0 heterocycles. The molecule has 0 aromatic heterocycles. The minimum Gasteiger partial charge on any atom is -0.508 e. The summed E-state index contributed by atoms with van der Waals surface area (Å²) in [4.78, 5) is 0.202. The van der Waals surface area contributed by atoms with Crippen molar-refractivity contribution in [2.24, 2.45) is 0 Å². The molecule has 20 heavy (non-hydrogen) atoms. The zero-order valence-electron chi connectivity index (χ0n) is 11.0. The fourth-order valence-corrected chi connectivity index (χ4v) is 2.92. The molecule has 2 aromatic rings. The van der Waals surface area contributed by atoms with Crippen molar-refractivity contribution in [3.8, 4) is 5.75 Å². The van der Waals surface area contributed by atoms with Gasteiger partial charge in [0.15, 0.2) is 0 Å². The quantitative estimate of drug-likeness (QED) is 0.842. The van der Waals surface area contributed by atoms with E-state index in [0.29, 0.717) is 5.69 Å². The number of nitrogen functional groups attached to an aromatic ring is 1. The molecule has 6 heteroatoms. The molecule has 0 saturated carbocycles. The van der Waals surface area contributed by atoms with Crippen LogP contribution >= 0.6 is 0 Å². The largest absolute Gasteiger partial charge is 0.508 e. The summed E-state index contributed by atoms with van der Waals surface area (Å²) in [5, 5.41) is 9.21. The van der Waals surface area contributed by atoms with E-state index in [4.69, 9.17) is 5.73 Å². The average molecular weight is 292 g/mol. The van der Waals surface area contributed by atoms with E-state index in [1.54, 1.807) is 24.3 Å². The number of nitrogens with zero attached hydrogens (tertiary/aromatic N) is 1. The van der Waals surface area contributed by atoms with E-state index in [9.17, 15) is 13.5 Å². The van der Waals surface area contributed by atoms with Crippen LogP contribution in [0.15, 0.2) is 53.4 Å². The molecule has 0 spiro atoms. The van der Waals surface area contributed by atoms with Crippen LogP contribution in [0.2, 0.25) is 0 Å². The summed E-state index contributed by atoms with van der Waals surface area (Å²) in [5.74, 6) is 0.151. The fraction of sp³-hybridized carbons (Fsp3) is 0.143. The summed E-state index contributed by atoms with van der Waals surface area (Å²) in [5.41, 5.74) is 6.87. The molecule has 0 radical (unpaired) electrons. The van der Waals surface area contributed by atoms with E-state index < -0.39 is 10.0 Å². The molecule has 5 nitrogen and oxygen atoms in total. The van der Waals surface area contributed by atoms with Crippen LogP contribution in [0.25, 0.3) is 0 Å². The lowest BCUT2D eigenvalue weighted by molar-refractivity contribution is 0.463. The SMILES string of the molecule is CN(Cc1ccc(O)cc1)S(=O)(=O)c1ccc(N)cc1. The van der Waals surface area contributed by atoms with Gasteiger partial charge in [-0.1, -0.05) is 12.1 Å². The average Bonchev–Trinajstić information content (AvgIpc) is 2.42. The van der Waals surface area contributed by atoms with Crippen LogP contribution in [0.1, 0.15) is 5.56 Å². The topological polar surface area (TPSA) is 83.6 Å². The van der Waals surface area contributed by atoms with Gasteiger partial charge >= 0.3 is 0 Å². The summed E-state index contributed by atoms with van der Waals surface area (Å²) in [7, 11) is -2.04. The van der Waals surface area contributed by atoms with E-state index in [1.807, 2.05) is 0 Å². The first-order valence-corrected chi connectivity index (χ1v) is 7.43. The predicted octanol–water partition coefficient (Wildman–Crippen LogP) is 1.80. The molecule has 0 bridgehead atoms. The Bertz CT molecular complexity index is 679. The Morgan fingerprint density at radius 3 is 2.15 bits per heavy atom. The highest BCUT2D eigenvalue weighted by Crippen LogP contribution is 2.19. The van der Waals surface area contributed by atoms with Crippen LogP contribution in [-0.4, -0.2) is 24.9 Å². The van der Waals surface area contributed by atoms with Crippen LogP contribution in [-0.2, 0) is 16.6 Å². The maximum atomic E-state index is 12.4. The molecular formula is C14H16N2O3S. The standard InChI is InChI=1S/C14H16N2O3S/c1-16(10-11-2-6-13(17)7-3-11)20(18,19)14-8-4-12(15)5-9-14/h2-9,17H,10,15H2,1H3. The number of aromatic hydroxyl groups is 1. The summed E-state index contributed by atoms with van der Waals surface area (Å²) in [6.45, 7) is 0.229. The van der Waals surface area contributed by atoms with Crippen molar-refractivity contribution in [1.29, 1.82) is 0 Å². The number of anilines is 1. The van der Waals surface area contributed by atoms with Gasteiger partial charge < -0.3 is 10.8 Å². The lowest BCUT2D eigenvalue weighted by atomic mass is 10.2. The van der Waals surface area contributed by atoms with Crippen LogP contribution < -0.4 is 5.73 Å². The summed E-state index contributed by atoms with van der Waals surface area (Å²) in [6.07, 6.45) is 0. The zero-order chi connectivity index (χ0) is 14.8. The van der Waals surface area contributed by atoms with Crippen molar-refractivity contribution >= 4 is 15.7 Å². The molecule has 0 aliphatic rings. The van der Waals surface area contributed by atoms with Gasteiger partial charge in [-0.15, -0.1) is 0 Å². The van der Waals surface area contributed by atoms with Gasteiger partial charge in [0.2, 0.25) is 10.0 Å². The second kappa shape index (κ2) is 5.52. The highest BCUT2D eigenvalue weighted by molar-refractivity contribution is 7.89.